The molecule has 2 aromatic carbocycles. The van der Waals surface area contributed by atoms with Gasteiger partial charge < -0.3 is 4.90 Å². The molecule has 29 heavy (non-hydrogen) atoms. The summed E-state index contributed by atoms with van der Waals surface area (Å²) in [6, 6.07) is 13.8. The number of rotatable bonds is 3. The molecule has 0 aliphatic carbocycles. The van der Waals surface area contributed by atoms with Crippen LogP contribution < -0.4 is 0 Å². The second-order valence-electron chi connectivity index (χ2n) is 7.32. The van der Waals surface area contributed by atoms with Crippen LogP contribution in [0.4, 0.5) is 4.79 Å². The molecule has 7 heteroatoms. The van der Waals surface area contributed by atoms with Gasteiger partial charge in [0.1, 0.15) is 0 Å². The largest absolute Gasteiger partial charge is 0.344 e. The van der Waals surface area contributed by atoms with E-state index in [1.54, 1.807) is 12.4 Å². The van der Waals surface area contributed by atoms with Gasteiger partial charge in [-0.05, 0) is 53.4 Å². The average molecular weight is 429 g/mol. The first kappa shape index (κ1) is 20.0. The Morgan fingerprint density at radius 1 is 1.00 bits per heavy atom. The van der Waals surface area contributed by atoms with Crippen LogP contribution in [0.2, 0.25) is 10.0 Å². The molecular formula is C22H22Cl2N4O. The number of nitrogens with zero attached hydrogens (tertiary/aromatic N) is 4. The van der Waals surface area contributed by atoms with E-state index >= 15 is 0 Å². The summed E-state index contributed by atoms with van der Waals surface area (Å²) in [4.78, 5) is 16.8. The Bertz CT molecular complexity index is 1010. The number of hydrogen-bond donors (Lipinski definition) is 0. The minimum atomic E-state index is -0.0638. The van der Waals surface area contributed by atoms with Crippen molar-refractivity contribution >= 4 is 29.2 Å². The lowest BCUT2D eigenvalue weighted by Gasteiger charge is -2.34. The number of carbonyl (C=O) groups excluding carboxylic acids is 1. The van der Waals surface area contributed by atoms with Gasteiger partial charge >= 0.3 is 6.03 Å². The van der Waals surface area contributed by atoms with Gasteiger partial charge in [0.15, 0.2) is 0 Å². The molecule has 0 radical (unpaired) electrons. The fourth-order valence-corrected chi connectivity index (χ4v) is 3.88. The highest BCUT2D eigenvalue weighted by atomic mass is 35.5. The van der Waals surface area contributed by atoms with Gasteiger partial charge in [-0.3, -0.25) is 4.90 Å². The van der Waals surface area contributed by atoms with Gasteiger partial charge in [-0.2, -0.15) is 9.78 Å². The minimum Gasteiger partial charge on any atom is -0.320 e. The Balaban J connectivity index is 1.44. The molecule has 3 aromatic rings. The van der Waals surface area contributed by atoms with Crippen LogP contribution in [0.1, 0.15) is 11.1 Å². The SMILES string of the molecule is Cc1cnn(C(=O)N2CCN(Cc3ccc(Cl)cc3-c3ccc(Cl)cc3)CC2)c1. The number of benzene rings is 2. The Labute approximate surface area is 180 Å². The topological polar surface area (TPSA) is 41.4 Å². The summed E-state index contributed by atoms with van der Waals surface area (Å²) in [6.07, 6.45) is 3.47. The van der Waals surface area contributed by atoms with Crippen molar-refractivity contribution < 1.29 is 4.79 Å². The van der Waals surface area contributed by atoms with Crippen molar-refractivity contribution in [1.82, 2.24) is 19.6 Å². The third kappa shape index (κ3) is 4.64. The summed E-state index contributed by atoms with van der Waals surface area (Å²) < 4.78 is 1.42. The van der Waals surface area contributed by atoms with Gasteiger partial charge in [-0.15, -0.1) is 0 Å². The third-order valence-electron chi connectivity index (χ3n) is 5.17. The van der Waals surface area contributed by atoms with Crippen molar-refractivity contribution in [3.63, 3.8) is 0 Å². The number of aromatic nitrogens is 2. The van der Waals surface area contributed by atoms with E-state index < -0.39 is 0 Å². The molecule has 0 N–H and O–H groups in total. The zero-order chi connectivity index (χ0) is 20.4. The van der Waals surface area contributed by atoms with E-state index in [4.69, 9.17) is 23.2 Å². The zero-order valence-electron chi connectivity index (χ0n) is 16.2. The van der Waals surface area contributed by atoms with Crippen LogP contribution in [0, 0.1) is 6.92 Å². The molecule has 1 aliphatic heterocycles. The first-order valence-electron chi connectivity index (χ1n) is 9.57. The molecule has 0 atom stereocenters. The molecule has 0 bridgehead atoms. The van der Waals surface area contributed by atoms with Crippen molar-refractivity contribution in [2.75, 3.05) is 26.2 Å². The maximum Gasteiger partial charge on any atom is 0.344 e. The second kappa shape index (κ2) is 8.57. The monoisotopic (exact) mass is 428 g/mol. The fourth-order valence-electron chi connectivity index (χ4n) is 3.59. The number of halogens is 2. The van der Waals surface area contributed by atoms with Gasteiger partial charge in [0.2, 0.25) is 0 Å². The summed E-state index contributed by atoms with van der Waals surface area (Å²) in [5, 5.41) is 5.55. The molecule has 1 aromatic heterocycles. The van der Waals surface area contributed by atoms with Crippen LogP contribution in [-0.2, 0) is 6.54 Å². The lowest BCUT2D eigenvalue weighted by molar-refractivity contribution is 0.134. The predicted octanol–water partition coefficient (Wildman–Crippen LogP) is 4.95. The number of aryl methyl sites for hydroxylation is 1. The van der Waals surface area contributed by atoms with Gasteiger partial charge in [0, 0.05) is 49.0 Å². The highest BCUT2D eigenvalue weighted by Gasteiger charge is 2.23. The van der Waals surface area contributed by atoms with Crippen LogP contribution in [0.15, 0.2) is 54.9 Å². The fraction of sp³-hybridized carbons (Fsp3) is 0.273. The molecule has 0 unspecified atom stereocenters. The molecule has 1 amide bonds. The first-order valence-corrected chi connectivity index (χ1v) is 10.3. The Kier molecular flexibility index (Phi) is 5.90. The van der Waals surface area contributed by atoms with E-state index in [1.165, 1.54) is 10.2 Å². The number of piperazine rings is 1. The smallest absolute Gasteiger partial charge is 0.320 e. The van der Waals surface area contributed by atoms with Crippen LogP contribution in [0.3, 0.4) is 0 Å². The van der Waals surface area contributed by atoms with Crippen LogP contribution in [-0.4, -0.2) is 51.8 Å². The van der Waals surface area contributed by atoms with Crippen molar-refractivity contribution in [3.8, 4) is 11.1 Å². The Morgan fingerprint density at radius 2 is 1.69 bits per heavy atom. The van der Waals surface area contributed by atoms with Gasteiger partial charge in [0.25, 0.3) is 0 Å². The summed E-state index contributed by atoms with van der Waals surface area (Å²) in [6.45, 7) is 5.73. The quantitative estimate of drug-likeness (QED) is 0.592. The van der Waals surface area contributed by atoms with Crippen molar-refractivity contribution in [1.29, 1.82) is 0 Å². The lowest BCUT2D eigenvalue weighted by Crippen LogP contribution is -2.49. The van der Waals surface area contributed by atoms with E-state index in [0.29, 0.717) is 23.1 Å². The summed E-state index contributed by atoms with van der Waals surface area (Å²) >= 11 is 12.3. The third-order valence-corrected chi connectivity index (χ3v) is 5.66. The molecule has 150 valence electrons. The van der Waals surface area contributed by atoms with E-state index in [-0.39, 0.29) is 6.03 Å². The highest BCUT2D eigenvalue weighted by molar-refractivity contribution is 6.31. The Morgan fingerprint density at radius 3 is 2.34 bits per heavy atom. The van der Waals surface area contributed by atoms with E-state index in [9.17, 15) is 4.79 Å². The van der Waals surface area contributed by atoms with E-state index in [1.807, 2.05) is 48.2 Å². The zero-order valence-corrected chi connectivity index (χ0v) is 17.7. The average Bonchev–Trinajstić information content (AvgIpc) is 3.16. The molecule has 1 saturated heterocycles. The van der Waals surface area contributed by atoms with Crippen LogP contribution in [0.5, 0.6) is 0 Å². The standard InChI is InChI=1S/C22H22Cl2N4O/c1-16-13-25-28(14-16)22(29)27-10-8-26(9-11-27)15-18-4-7-20(24)12-21(18)17-2-5-19(23)6-3-17/h2-7,12-14H,8-11,15H2,1H3. The Hall–Kier alpha value is -2.34. The van der Waals surface area contributed by atoms with Crippen molar-refractivity contribution in [2.24, 2.45) is 0 Å². The first-order chi connectivity index (χ1) is 14.0. The molecule has 1 aliphatic rings. The number of hydrogen-bond acceptors (Lipinski definition) is 3. The summed E-state index contributed by atoms with van der Waals surface area (Å²) in [5.74, 6) is 0. The van der Waals surface area contributed by atoms with Crippen molar-refractivity contribution in [2.45, 2.75) is 13.5 Å². The maximum absolute atomic E-state index is 12.6. The highest BCUT2D eigenvalue weighted by Crippen LogP contribution is 2.29. The van der Waals surface area contributed by atoms with E-state index in [2.05, 4.69) is 16.1 Å². The number of amides is 1. The minimum absolute atomic E-state index is 0.0638. The van der Waals surface area contributed by atoms with Gasteiger partial charge in [0.05, 0.1) is 6.20 Å². The molecule has 4 rings (SSSR count). The molecule has 5 nitrogen and oxygen atoms in total. The van der Waals surface area contributed by atoms with Gasteiger partial charge in [-0.1, -0.05) is 41.4 Å². The van der Waals surface area contributed by atoms with Crippen molar-refractivity contribution in [3.05, 3.63) is 76.0 Å². The summed E-state index contributed by atoms with van der Waals surface area (Å²) in [5.41, 5.74) is 4.39. The number of carbonyl (C=O) groups is 1. The normalized spacial score (nSPS) is 14.9. The van der Waals surface area contributed by atoms with Crippen LogP contribution >= 0.6 is 23.2 Å². The van der Waals surface area contributed by atoms with E-state index in [0.717, 1.165) is 36.3 Å². The second-order valence-corrected chi connectivity index (χ2v) is 8.19. The predicted molar refractivity (Wildman–Crippen MR) is 117 cm³/mol. The molecule has 1 fully saturated rings. The molecular weight excluding hydrogens is 407 g/mol. The maximum atomic E-state index is 12.6. The van der Waals surface area contributed by atoms with Crippen LogP contribution in [0.25, 0.3) is 11.1 Å². The molecule has 0 spiro atoms. The molecule has 0 saturated carbocycles. The summed E-state index contributed by atoms with van der Waals surface area (Å²) in [7, 11) is 0. The molecule has 2 heterocycles. The lowest BCUT2D eigenvalue weighted by atomic mass is 9.99. The van der Waals surface area contributed by atoms with Gasteiger partial charge in [-0.25, -0.2) is 4.79 Å².